The number of rotatable bonds is 8. The number of amides is 1. The normalized spacial score (nSPS) is 10.8. The fraction of sp³-hybridized carbons (Fsp3) is 0.211. The summed E-state index contributed by atoms with van der Waals surface area (Å²) in [5, 5.41) is 2.83. The minimum atomic E-state index is -3.41. The summed E-state index contributed by atoms with van der Waals surface area (Å²) in [6.45, 7) is 4.13. The third kappa shape index (κ3) is 5.10. The number of hydrogen-bond acceptors (Lipinski definition) is 4. The Balaban J connectivity index is 2.04. The largest absolute Gasteiger partial charge is 0.497 e. The Labute approximate surface area is 154 Å². The minimum absolute atomic E-state index is 0.168. The second-order valence-corrected chi connectivity index (χ2v) is 7.57. The van der Waals surface area contributed by atoms with Gasteiger partial charge in [-0.1, -0.05) is 18.2 Å². The third-order valence-corrected chi connectivity index (χ3v) is 4.89. The van der Waals surface area contributed by atoms with Crippen molar-refractivity contribution in [3.63, 3.8) is 0 Å². The van der Waals surface area contributed by atoms with E-state index in [9.17, 15) is 13.2 Å². The molecule has 0 saturated heterocycles. The van der Waals surface area contributed by atoms with Crippen LogP contribution in [0.1, 0.15) is 15.9 Å². The molecule has 0 aliphatic rings. The number of anilines is 1. The Kier molecular flexibility index (Phi) is 6.41. The summed E-state index contributed by atoms with van der Waals surface area (Å²) in [5.74, 6) is 0.521. The van der Waals surface area contributed by atoms with Crippen molar-refractivity contribution in [2.24, 2.45) is 0 Å². The number of nitrogens with zero attached hydrogens (tertiary/aromatic N) is 1. The molecule has 7 heteroatoms. The molecular weight excluding hydrogens is 352 g/mol. The van der Waals surface area contributed by atoms with Crippen molar-refractivity contribution in [2.75, 3.05) is 24.2 Å². The molecule has 0 atom stereocenters. The number of carbonyl (C=O) groups excluding carboxylic acids is 1. The molecule has 0 bridgehead atoms. The van der Waals surface area contributed by atoms with Crippen LogP contribution in [0.4, 0.5) is 5.69 Å². The van der Waals surface area contributed by atoms with E-state index < -0.39 is 10.0 Å². The summed E-state index contributed by atoms with van der Waals surface area (Å²) < 4.78 is 30.0. The predicted octanol–water partition coefficient (Wildman–Crippen LogP) is 2.58. The van der Waals surface area contributed by atoms with E-state index in [0.717, 1.165) is 17.6 Å². The van der Waals surface area contributed by atoms with Gasteiger partial charge in [0.05, 0.1) is 25.6 Å². The molecule has 0 radical (unpaired) electrons. The summed E-state index contributed by atoms with van der Waals surface area (Å²) in [4.78, 5) is 12.3. The summed E-state index contributed by atoms with van der Waals surface area (Å²) >= 11 is 0. The van der Waals surface area contributed by atoms with Gasteiger partial charge < -0.3 is 10.1 Å². The topological polar surface area (TPSA) is 75.7 Å². The summed E-state index contributed by atoms with van der Waals surface area (Å²) in [6.07, 6.45) is 2.64. The molecule has 6 nitrogen and oxygen atoms in total. The van der Waals surface area contributed by atoms with Gasteiger partial charge in [0.15, 0.2) is 0 Å². The molecule has 0 spiro atoms. The van der Waals surface area contributed by atoms with Gasteiger partial charge in [-0.2, -0.15) is 0 Å². The van der Waals surface area contributed by atoms with Crippen LogP contribution in [-0.2, 0) is 16.6 Å². The van der Waals surface area contributed by atoms with Gasteiger partial charge >= 0.3 is 0 Å². The molecular formula is C19H22N2O4S. The first-order chi connectivity index (χ1) is 12.3. The average Bonchev–Trinajstić information content (AvgIpc) is 2.64. The lowest BCUT2D eigenvalue weighted by Gasteiger charge is -2.20. The van der Waals surface area contributed by atoms with E-state index >= 15 is 0 Å². The minimum Gasteiger partial charge on any atom is -0.497 e. The number of sulfonamides is 1. The van der Waals surface area contributed by atoms with Gasteiger partial charge in [-0.25, -0.2) is 8.42 Å². The van der Waals surface area contributed by atoms with Crippen molar-refractivity contribution in [1.29, 1.82) is 0 Å². The van der Waals surface area contributed by atoms with Crippen LogP contribution < -0.4 is 14.4 Å². The monoisotopic (exact) mass is 374 g/mol. The number of carbonyl (C=O) groups is 1. The molecule has 26 heavy (non-hydrogen) atoms. The highest BCUT2D eigenvalue weighted by Gasteiger charge is 2.16. The maximum atomic E-state index is 12.3. The van der Waals surface area contributed by atoms with E-state index in [0.29, 0.717) is 17.8 Å². The van der Waals surface area contributed by atoms with Crippen LogP contribution in [0, 0.1) is 0 Å². The van der Waals surface area contributed by atoms with Gasteiger partial charge in [0.25, 0.3) is 5.91 Å². The smallest absolute Gasteiger partial charge is 0.251 e. The Bertz CT molecular complexity index is 859. The molecule has 0 aromatic heterocycles. The Morgan fingerprint density at radius 3 is 2.27 bits per heavy atom. The van der Waals surface area contributed by atoms with E-state index in [-0.39, 0.29) is 12.5 Å². The number of nitrogens with one attached hydrogen (secondary N) is 1. The Morgan fingerprint density at radius 2 is 1.77 bits per heavy atom. The fourth-order valence-corrected chi connectivity index (χ4v) is 3.24. The predicted molar refractivity (Wildman–Crippen MR) is 103 cm³/mol. The molecule has 0 saturated carbocycles. The van der Waals surface area contributed by atoms with Gasteiger partial charge in [-0.05, 0) is 42.0 Å². The van der Waals surface area contributed by atoms with E-state index in [2.05, 4.69) is 11.9 Å². The summed E-state index contributed by atoms with van der Waals surface area (Å²) in [5.41, 5.74) is 1.89. The fourth-order valence-electron chi connectivity index (χ4n) is 2.36. The molecule has 2 aromatic carbocycles. The van der Waals surface area contributed by atoms with Crippen molar-refractivity contribution in [3.8, 4) is 5.75 Å². The quantitative estimate of drug-likeness (QED) is 0.721. The van der Waals surface area contributed by atoms with Crippen LogP contribution in [0.2, 0.25) is 0 Å². The second kappa shape index (κ2) is 8.53. The molecule has 1 amide bonds. The van der Waals surface area contributed by atoms with Gasteiger partial charge in [0.1, 0.15) is 5.75 Å². The van der Waals surface area contributed by atoms with Gasteiger partial charge in [0, 0.05) is 12.1 Å². The molecule has 0 fully saturated rings. The van der Waals surface area contributed by atoms with Gasteiger partial charge in [-0.3, -0.25) is 9.10 Å². The zero-order valence-corrected chi connectivity index (χ0v) is 15.6. The Hall–Kier alpha value is -2.80. The lowest BCUT2D eigenvalue weighted by atomic mass is 10.1. The molecule has 0 aliphatic heterocycles. The maximum Gasteiger partial charge on any atom is 0.251 e. The van der Waals surface area contributed by atoms with Crippen LogP contribution in [0.5, 0.6) is 5.75 Å². The van der Waals surface area contributed by atoms with Crippen molar-refractivity contribution >= 4 is 21.6 Å². The average molecular weight is 374 g/mol. The molecule has 2 aromatic rings. The summed E-state index contributed by atoms with van der Waals surface area (Å²) in [7, 11) is -1.82. The third-order valence-electron chi connectivity index (χ3n) is 3.72. The number of methoxy groups -OCH3 is 1. The second-order valence-electron chi connectivity index (χ2n) is 5.66. The van der Waals surface area contributed by atoms with Crippen molar-refractivity contribution < 1.29 is 17.9 Å². The van der Waals surface area contributed by atoms with E-state index in [1.54, 1.807) is 31.4 Å². The van der Waals surface area contributed by atoms with Crippen LogP contribution in [0.25, 0.3) is 0 Å². The van der Waals surface area contributed by atoms with Crippen molar-refractivity contribution in [2.45, 2.75) is 6.54 Å². The number of benzene rings is 2. The standard InChI is InChI=1S/C19H22N2O4S/c1-4-13-21(26(3,23)24)17-9-7-16(8-10-17)19(22)20-14-15-5-11-18(25-2)12-6-15/h4-12H,1,13-14H2,2-3H3,(H,20,22). The zero-order chi connectivity index (χ0) is 19.2. The van der Waals surface area contributed by atoms with Crippen LogP contribution in [0.3, 0.4) is 0 Å². The van der Waals surface area contributed by atoms with Crippen LogP contribution in [0.15, 0.2) is 61.2 Å². The molecule has 0 heterocycles. The lowest BCUT2D eigenvalue weighted by Crippen LogP contribution is -2.30. The van der Waals surface area contributed by atoms with Gasteiger partial charge in [-0.15, -0.1) is 6.58 Å². The van der Waals surface area contributed by atoms with E-state index in [1.807, 2.05) is 24.3 Å². The molecule has 0 unspecified atom stereocenters. The summed E-state index contributed by atoms with van der Waals surface area (Å²) in [6, 6.07) is 13.8. The highest BCUT2D eigenvalue weighted by molar-refractivity contribution is 7.92. The van der Waals surface area contributed by atoms with Crippen LogP contribution >= 0.6 is 0 Å². The molecule has 0 aliphatic carbocycles. The number of hydrogen-bond donors (Lipinski definition) is 1. The molecule has 1 N–H and O–H groups in total. The van der Waals surface area contributed by atoms with Crippen molar-refractivity contribution in [1.82, 2.24) is 5.32 Å². The molecule has 138 valence electrons. The zero-order valence-electron chi connectivity index (χ0n) is 14.8. The van der Waals surface area contributed by atoms with Crippen molar-refractivity contribution in [3.05, 3.63) is 72.3 Å². The number of ether oxygens (including phenoxy) is 1. The maximum absolute atomic E-state index is 12.3. The lowest BCUT2D eigenvalue weighted by molar-refractivity contribution is 0.0951. The highest BCUT2D eigenvalue weighted by Crippen LogP contribution is 2.18. The van der Waals surface area contributed by atoms with Crippen LogP contribution in [-0.4, -0.2) is 34.2 Å². The molecule has 2 rings (SSSR count). The van der Waals surface area contributed by atoms with E-state index in [4.69, 9.17) is 4.74 Å². The Morgan fingerprint density at radius 1 is 1.15 bits per heavy atom. The highest BCUT2D eigenvalue weighted by atomic mass is 32.2. The first kappa shape index (κ1) is 19.5. The first-order valence-electron chi connectivity index (χ1n) is 7.95. The first-order valence-corrected chi connectivity index (χ1v) is 9.80. The van der Waals surface area contributed by atoms with E-state index in [1.165, 1.54) is 10.4 Å². The van der Waals surface area contributed by atoms with Gasteiger partial charge in [0.2, 0.25) is 10.0 Å². The SMILES string of the molecule is C=CCN(c1ccc(C(=O)NCc2ccc(OC)cc2)cc1)S(C)(=O)=O.